The lowest BCUT2D eigenvalue weighted by Gasteiger charge is -2.28. The Balaban J connectivity index is 1.29. The maximum atomic E-state index is 12.2. The lowest BCUT2D eigenvalue weighted by Crippen LogP contribution is -2.47. The van der Waals surface area contributed by atoms with Crippen molar-refractivity contribution in [3.63, 3.8) is 0 Å². The molecular weight excluding hydrogens is 446 g/mol. The van der Waals surface area contributed by atoms with Crippen LogP contribution in [0.4, 0.5) is 5.69 Å². The molecule has 2 N–H and O–H groups in total. The van der Waals surface area contributed by atoms with Gasteiger partial charge in [-0.25, -0.2) is 0 Å². The van der Waals surface area contributed by atoms with E-state index in [4.69, 9.17) is 4.74 Å². The Bertz CT molecular complexity index is 1070. The number of piperazine rings is 1. The third kappa shape index (κ3) is 4.74. The molecule has 1 heterocycles. The molecule has 6 nitrogen and oxygen atoms in total. The first-order chi connectivity index (χ1) is 14.6. The van der Waals surface area contributed by atoms with Gasteiger partial charge in [-0.15, -0.1) is 0 Å². The first-order valence-corrected chi connectivity index (χ1v) is 10.6. The fraction of sp³-hybridized carbons (Fsp3) is 0.217. The van der Waals surface area contributed by atoms with Crippen LogP contribution >= 0.6 is 15.9 Å². The summed E-state index contributed by atoms with van der Waals surface area (Å²) < 4.78 is 6.54. The molecule has 30 heavy (non-hydrogen) atoms. The van der Waals surface area contributed by atoms with E-state index < -0.39 is 0 Å². The summed E-state index contributed by atoms with van der Waals surface area (Å²) in [7, 11) is 0. The van der Waals surface area contributed by atoms with Gasteiger partial charge in [0, 0.05) is 25.3 Å². The molecule has 1 saturated heterocycles. The summed E-state index contributed by atoms with van der Waals surface area (Å²) in [4.78, 5) is 25.8. The van der Waals surface area contributed by atoms with Gasteiger partial charge in [-0.2, -0.15) is 0 Å². The summed E-state index contributed by atoms with van der Waals surface area (Å²) in [6.07, 6.45) is 0. The van der Waals surface area contributed by atoms with Gasteiger partial charge in [0.15, 0.2) is 6.61 Å². The van der Waals surface area contributed by atoms with Crippen LogP contribution in [0.5, 0.6) is 5.75 Å². The molecule has 3 aromatic carbocycles. The minimum Gasteiger partial charge on any atom is -0.483 e. The van der Waals surface area contributed by atoms with Crippen LogP contribution in [0.2, 0.25) is 0 Å². The van der Waals surface area contributed by atoms with E-state index in [1.54, 1.807) is 0 Å². The van der Waals surface area contributed by atoms with Crippen LogP contribution < -0.4 is 20.3 Å². The second-order valence-corrected chi connectivity index (χ2v) is 7.90. The zero-order valence-electron chi connectivity index (χ0n) is 16.4. The Labute approximate surface area is 183 Å². The van der Waals surface area contributed by atoms with Crippen molar-refractivity contribution in [2.24, 2.45) is 0 Å². The Morgan fingerprint density at radius 2 is 1.90 bits per heavy atom. The molecule has 0 aromatic heterocycles. The topological polar surface area (TPSA) is 70.7 Å². The van der Waals surface area contributed by atoms with Crippen LogP contribution in [0, 0.1) is 0 Å². The van der Waals surface area contributed by atoms with E-state index >= 15 is 0 Å². The van der Waals surface area contributed by atoms with Crippen LogP contribution in [-0.2, 0) is 16.1 Å². The highest BCUT2D eigenvalue weighted by Crippen LogP contribution is 2.32. The molecule has 0 saturated carbocycles. The van der Waals surface area contributed by atoms with Crippen molar-refractivity contribution in [2.45, 2.75) is 6.54 Å². The van der Waals surface area contributed by atoms with Crippen LogP contribution in [-0.4, -0.2) is 38.1 Å². The number of hydrogen-bond acceptors (Lipinski definition) is 4. The van der Waals surface area contributed by atoms with Crippen LogP contribution in [0.25, 0.3) is 10.8 Å². The molecule has 0 atom stereocenters. The zero-order valence-corrected chi connectivity index (χ0v) is 17.9. The first-order valence-electron chi connectivity index (χ1n) is 9.77. The number of benzene rings is 3. The van der Waals surface area contributed by atoms with E-state index in [0.717, 1.165) is 33.0 Å². The fourth-order valence-corrected chi connectivity index (χ4v) is 4.01. The van der Waals surface area contributed by atoms with E-state index in [2.05, 4.69) is 26.6 Å². The van der Waals surface area contributed by atoms with Crippen LogP contribution in [0.1, 0.15) is 5.56 Å². The quantitative estimate of drug-likeness (QED) is 0.583. The maximum Gasteiger partial charge on any atom is 0.258 e. The van der Waals surface area contributed by atoms with Crippen LogP contribution in [0.15, 0.2) is 65.1 Å². The van der Waals surface area contributed by atoms with Crippen molar-refractivity contribution in [2.75, 3.05) is 31.1 Å². The second kappa shape index (κ2) is 9.17. The summed E-state index contributed by atoms with van der Waals surface area (Å²) in [5, 5.41) is 7.84. The first kappa shape index (κ1) is 20.2. The minimum atomic E-state index is -0.188. The normalized spacial score (nSPS) is 13.8. The second-order valence-electron chi connectivity index (χ2n) is 7.10. The van der Waals surface area contributed by atoms with E-state index in [1.165, 1.54) is 0 Å². The van der Waals surface area contributed by atoms with Gasteiger partial charge in [-0.05, 0) is 50.5 Å². The molecule has 154 valence electrons. The van der Waals surface area contributed by atoms with Crippen molar-refractivity contribution in [1.29, 1.82) is 0 Å². The smallest absolute Gasteiger partial charge is 0.258 e. The highest BCUT2D eigenvalue weighted by Gasteiger charge is 2.16. The summed E-state index contributed by atoms with van der Waals surface area (Å²) in [5.74, 6) is 0.487. The Morgan fingerprint density at radius 3 is 2.70 bits per heavy atom. The fourth-order valence-electron chi connectivity index (χ4n) is 3.40. The molecule has 0 spiro atoms. The highest BCUT2D eigenvalue weighted by atomic mass is 79.9. The van der Waals surface area contributed by atoms with Crippen molar-refractivity contribution in [1.82, 2.24) is 10.6 Å². The molecule has 4 rings (SSSR count). The molecule has 7 heteroatoms. The number of ether oxygens (including phenoxy) is 1. The number of rotatable bonds is 6. The minimum absolute atomic E-state index is 0.0376. The number of carbonyl (C=O) groups is 2. The van der Waals surface area contributed by atoms with E-state index in [-0.39, 0.29) is 18.4 Å². The van der Waals surface area contributed by atoms with Gasteiger partial charge in [-0.3, -0.25) is 9.59 Å². The predicted octanol–water partition coefficient (Wildman–Crippen LogP) is 3.23. The molecule has 1 fully saturated rings. The van der Waals surface area contributed by atoms with Gasteiger partial charge in [0.2, 0.25) is 5.91 Å². The molecule has 0 aliphatic carbocycles. The standard InChI is InChI=1S/C23H22BrN3O3/c24-23-19-4-2-1-3-17(19)7-10-20(23)30-15-22(29)26-13-16-5-8-18(9-6-16)27-12-11-25-21(28)14-27/h1-10H,11-15H2,(H,25,28)(H,26,29). The molecule has 3 aromatic rings. The molecular formula is C23H22BrN3O3. The van der Waals surface area contributed by atoms with E-state index in [9.17, 15) is 9.59 Å². The third-order valence-electron chi connectivity index (χ3n) is 5.02. The van der Waals surface area contributed by atoms with E-state index in [1.807, 2.05) is 65.6 Å². The van der Waals surface area contributed by atoms with Gasteiger partial charge in [-0.1, -0.05) is 42.5 Å². The van der Waals surface area contributed by atoms with E-state index in [0.29, 0.717) is 25.4 Å². The third-order valence-corrected chi connectivity index (χ3v) is 5.83. The van der Waals surface area contributed by atoms with Gasteiger partial charge < -0.3 is 20.3 Å². The van der Waals surface area contributed by atoms with Gasteiger partial charge in [0.1, 0.15) is 5.75 Å². The number of anilines is 1. The number of fused-ring (bicyclic) bond motifs is 1. The monoisotopic (exact) mass is 467 g/mol. The molecule has 1 aliphatic heterocycles. The number of amides is 2. The molecule has 0 radical (unpaired) electrons. The summed E-state index contributed by atoms with van der Waals surface area (Å²) in [5.41, 5.74) is 1.99. The SMILES string of the molecule is O=C(COc1ccc2ccccc2c1Br)NCc1ccc(N2CCNC(=O)C2)cc1. The number of hydrogen-bond donors (Lipinski definition) is 2. The lowest BCUT2D eigenvalue weighted by atomic mass is 10.1. The van der Waals surface area contributed by atoms with Crippen molar-refractivity contribution < 1.29 is 14.3 Å². The number of nitrogens with zero attached hydrogens (tertiary/aromatic N) is 1. The van der Waals surface area contributed by atoms with Gasteiger partial charge in [0.25, 0.3) is 5.91 Å². The number of halogens is 1. The largest absolute Gasteiger partial charge is 0.483 e. The maximum absolute atomic E-state index is 12.2. The average molecular weight is 468 g/mol. The molecule has 1 aliphatic rings. The van der Waals surface area contributed by atoms with Gasteiger partial charge >= 0.3 is 0 Å². The lowest BCUT2D eigenvalue weighted by molar-refractivity contribution is -0.123. The predicted molar refractivity (Wildman–Crippen MR) is 121 cm³/mol. The van der Waals surface area contributed by atoms with Crippen molar-refractivity contribution in [3.05, 3.63) is 70.7 Å². The number of carbonyl (C=O) groups excluding carboxylic acids is 2. The highest BCUT2D eigenvalue weighted by molar-refractivity contribution is 9.10. The summed E-state index contributed by atoms with van der Waals surface area (Å²) in [6.45, 7) is 2.19. The molecule has 2 amide bonds. The van der Waals surface area contributed by atoms with Crippen LogP contribution in [0.3, 0.4) is 0 Å². The average Bonchev–Trinajstić information content (AvgIpc) is 2.78. The van der Waals surface area contributed by atoms with Crippen molar-refractivity contribution in [3.8, 4) is 5.75 Å². The van der Waals surface area contributed by atoms with Gasteiger partial charge in [0.05, 0.1) is 11.0 Å². The number of nitrogens with one attached hydrogen (secondary N) is 2. The Hall–Kier alpha value is -3.06. The van der Waals surface area contributed by atoms with Crippen molar-refractivity contribution >= 4 is 44.2 Å². The Morgan fingerprint density at radius 1 is 1.10 bits per heavy atom. The summed E-state index contributed by atoms with van der Waals surface area (Å²) >= 11 is 3.57. The molecule has 0 bridgehead atoms. The molecule has 0 unspecified atom stereocenters. The summed E-state index contributed by atoms with van der Waals surface area (Å²) in [6, 6.07) is 19.7. The zero-order chi connectivity index (χ0) is 20.9. The Kier molecular flexibility index (Phi) is 6.18.